The number of halogens is 2. The van der Waals surface area contributed by atoms with Gasteiger partial charge >= 0.3 is 0 Å². The Bertz CT molecular complexity index is 423. The molecular weight excluding hydrogens is 341 g/mol. The molecule has 2 rings (SSSR count). The lowest BCUT2D eigenvalue weighted by Crippen LogP contribution is -2.51. The Morgan fingerprint density at radius 2 is 2.27 bits per heavy atom. The number of hydrogen-bond acceptors (Lipinski definition) is 4. The third kappa shape index (κ3) is 7.68. The van der Waals surface area contributed by atoms with Crippen molar-refractivity contribution in [2.45, 2.75) is 44.0 Å². The smallest absolute Gasteiger partial charge is 0.221 e. The number of nitrogens with zero attached hydrogens (tertiary/aromatic N) is 1. The van der Waals surface area contributed by atoms with Crippen LogP contribution in [0.15, 0.2) is 24.4 Å². The molecule has 2 N–H and O–H groups in total. The van der Waals surface area contributed by atoms with Gasteiger partial charge in [-0.05, 0) is 38.4 Å². The van der Waals surface area contributed by atoms with Crippen molar-refractivity contribution in [3.8, 4) is 0 Å². The van der Waals surface area contributed by atoms with Crippen LogP contribution in [0.4, 0.5) is 0 Å². The molecule has 1 fully saturated rings. The maximum atomic E-state index is 11.9. The van der Waals surface area contributed by atoms with Crippen molar-refractivity contribution in [2.24, 2.45) is 0 Å². The van der Waals surface area contributed by atoms with E-state index in [1.54, 1.807) is 18.0 Å². The predicted molar refractivity (Wildman–Crippen MR) is 98.1 cm³/mol. The maximum absolute atomic E-state index is 11.9. The van der Waals surface area contributed by atoms with Gasteiger partial charge in [0.2, 0.25) is 5.91 Å². The summed E-state index contributed by atoms with van der Waals surface area (Å²) in [4.78, 5) is 16.2. The molecule has 1 aliphatic heterocycles. The molecule has 1 aliphatic rings. The second kappa shape index (κ2) is 12.0. The number of thioether (sulfide) groups is 1. The van der Waals surface area contributed by atoms with Gasteiger partial charge in [0.05, 0.1) is 5.69 Å². The molecule has 7 heteroatoms. The van der Waals surface area contributed by atoms with E-state index in [9.17, 15) is 4.79 Å². The van der Waals surface area contributed by atoms with Crippen LogP contribution >= 0.6 is 36.6 Å². The summed E-state index contributed by atoms with van der Waals surface area (Å²) in [7, 11) is 0. The Kier molecular flexibility index (Phi) is 11.7. The van der Waals surface area contributed by atoms with Crippen LogP contribution in [0.1, 0.15) is 31.9 Å². The van der Waals surface area contributed by atoms with Crippen LogP contribution in [0, 0.1) is 0 Å². The van der Waals surface area contributed by atoms with Crippen LogP contribution in [0.2, 0.25) is 0 Å². The highest BCUT2D eigenvalue weighted by molar-refractivity contribution is 7.98. The monoisotopic (exact) mass is 365 g/mol. The van der Waals surface area contributed by atoms with E-state index < -0.39 is 0 Å². The lowest BCUT2D eigenvalue weighted by atomic mass is 10.00. The summed E-state index contributed by atoms with van der Waals surface area (Å²) >= 11 is 1.76. The molecule has 0 aromatic carbocycles. The third-order valence-electron chi connectivity index (χ3n) is 3.56. The highest BCUT2D eigenvalue weighted by Gasteiger charge is 2.21. The van der Waals surface area contributed by atoms with Gasteiger partial charge in [0.1, 0.15) is 0 Å². The first-order valence-electron chi connectivity index (χ1n) is 7.26. The molecular formula is C15H25Cl2N3OS. The molecule has 0 radical (unpaired) electrons. The van der Waals surface area contributed by atoms with E-state index in [2.05, 4.69) is 22.5 Å². The van der Waals surface area contributed by atoms with Crippen LogP contribution in [0.3, 0.4) is 0 Å². The molecule has 2 atom stereocenters. The molecule has 126 valence electrons. The number of pyridine rings is 1. The summed E-state index contributed by atoms with van der Waals surface area (Å²) in [5, 5.41) is 6.53. The third-order valence-corrected chi connectivity index (χ3v) is 4.55. The highest BCUT2D eigenvalue weighted by atomic mass is 35.5. The molecule has 22 heavy (non-hydrogen) atoms. The Labute approximate surface area is 149 Å². The first kappa shape index (κ1) is 21.5. The Balaban J connectivity index is 0.00000220. The van der Waals surface area contributed by atoms with Crippen LogP contribution in [0.25, 0.3) is 0 Å². The first-order valence-corrected chi connectivity index (χ1v) is 8.41. The van der Waals surface area contributed by atoms with Crippen molar-refractivity contribution in [3.63, 3.8) is 0 Å². The van der Waals surface area contributed by atoms with Crippen molar-refractivity contribution in [1.29, 1.82) is 0 Å². The fraction of sp³-hybridized carbons (Fsp3) is 0.600. The van der Waals surface area contributed by atoms with E-state index in [4.69, 9.17) is 0 Å². The van der Waals surface area contributed by atoms with Crippen LogP contribution in [0.5, 0.6) is 0 Å². The molecule has 1 amide bonds. The number of carbonyl (C=O) groups is 1. The van der Waals surface area contributed by atoms with Gasteiger partial charge in [-0.2, -0.15) is 11.8 Å². The van der Waals surface area contributed by atoms with Crippen LogP contribution in [-0.4, -0.2) is 35.3 Å². The molecule has 2 heterocycles. The molecule has 0 bridgehead atoms. The van der Waals surface area contributed by atoms with Crippen molar-refractivity contribution < 1.29 is 4.79 Å². The highest BCUT2D eigenvalue weighted by Crippen LogP contribution is 2.12. The number of aromatic nitrogens is 1. The summed E-state index contributed by atoms with van der Waals surface area (Å²) in [5.74, 6) is 1.88. The fourth-order valence-corrected chi connectivity index (χ4v) is 3.20. The van der Waals surface area contributed by atoms with Gasteiger partial charge in [-0.25, -0.2) is 0 Å². The minimum atomic E-state index is 0. The standard InChI is InChI=1S/C15H23N3OS.2ClH/c1-12-14(6-4-9-16-12)18-15(19)7-10-20-11-13-5-2-3-8-17-13;;/h2-3,5,8,12,14,16H,4,6-7,9-11H2,1H3,(H,18,19);2*1H. The minimum Gasteiger partial charge on any atom is -0.352 e. The second-order valence-electron chi connectivity index (χ2n) is 5.18. The average molecular weight is 366 g/mol. The fourth-order valence-electron chi connectivity index (χ4n) is 2.35. The van der Waals surface area contributed by atoms with E-state index in [1.165, 1.54) is 0 Å². The van der Waals surface area contributed by atoms with Gasteiger partial charge in [0.15, 0.2) is 0 Å². The van der Waals surface area contributed by atoms with E-state index in [0.29, 0.717) is 12.5 Å². The predicted octanol–water partition coefficient (Wildman–Crippen LogP) is 2.81. The number of piperidine rings is 1. The lowest BCUT2D eigenvalue weighted by Gasteiger charge is -2.30. The van der Waals surface area contributed by atoms with E-state index in [1.807, 2.05) is 18.2 Å². The van der Waals surface area contributed by atoms with Gasteiger partial charge in [-0.15, -0.1) is 24.8 Å². The zero-order valence-corrected chi connectivity index (χ0v) is 15.2. The zero-order valence-electron chi connectivity index (χ0n) is 12.8. The maximum Gasteiger partial charge on any atom is 0.221 e. The zero-order chi connectivity index (χ0) is 14.2. The number of carbonyl (C=O) groups excluding carboxylic acids is 1. The lowest BCUT2D eigenvalue weighted by molar-refractivity contribution is -0.121. The number of hydrogen-bond donors (Lipinski definition) is 2. The van der Waals surface area contributed by atoms with Crippen molar-refractivity contribution in [3.05, 3.63) is 30.1 Å². The SMILES string of the molecule is CC1NCCCC1NC(=O)CCSCc1ccccn1.Cl.Cl. The first-order chi connectivity index (χ1) is 9.75. The van der Waals surface area contributed by atoms with Crippen molar-refractivity contribution in [2.75, 3.05) is 12.3 Å². The molecule has 0 spiro atoms. The van der Waals surface area contributed by atoms with Gasteiger partial charge in [-0.1, -0.05) is 6.07 Å². The van der Waals surface area contributed by atoms with Crippen molar-refractivity contribution >= 4 is 42.5 Å². The second-order valence-corrected chi connectivity index (χ2v) is 6.29. The van der Waals surface area contributed by atoms with Gasteiger partial charge in [0, 0.05) is 36.2 Å². The molecule has 0 saturated carbocycles. The minimum absolute atomic E-state index is 0. The topological polar surface area (TPSA) is 54.0 Å². The van der Waals surface area contributed by atoms with E-state index in [-0.39, 0.29) is 36.8 Å². The molecule has 0 aliphatic carbocycles. The summed E-state index contributed by atoms with van der Waals surface area (Å²) in [5.41, 5.74) is 1.07. The van der Waals surface area contributed by atoms with Crippen molar-refractivity contribution in [1.82, 2.24) is 15.6 Å². The molecule has 2 unspecified atom stereocenters. The Morgan fingerprint density at radius 1 is 1.45 bits per heavy atom. The van der Waals surface area contributed by atoms with E-state index >= 15 is 0 Å². The molecule has 1 aromatic heterocycles. The molecule has 1 aromatic rings. The summed E-state index contributed by atoms with van der Waals surface area (Å²) in [6, 6.07) is 6.60. The Morgan fingerprint density at radius 3 is 2.95 bits per heavy atom. The van der Waals surface area contributed by atoms with Gasteiger partial charge in [-0.3, -0.25) is 9.78 Å². The quantitative estimate of drug-likeness (QED) is 0.761. The van der Waals surface area contributed by atoms with Crippen LogP contribution < -0.4 is 10.6 Å². The van der Waals surface area contributed by atoms with Crippen LogP contribution in [-0.2, 0) is 10.5 Å². The molecule has 4 nitrogen and oxygen atoms in total. The van der Waals surface area contributed by atoms with Gasteiger partial charge in [0.25, 0.3) is 0 Å². The summed E-state index contributed by atoms with van der Waals surface area (Å²) in [6.45, 7) is 3.20. The number of rotatable bonds is 6. The van der Waals surface area contributed by atoms with E-state index in [0.717, 1.165) is 36.6 Å². The molecule has 1 saturated heterocycles. The number of nitrogens with one attached hydrogen (secondary N) is 2. The summed E-state index contributed by atoms with van der Waals surface area (Å²) in [6.07, 6.45) is 4.62. The largest absolute Gasteiger partial charge is 0.352 e. The Hall–Kier alpha value is -0.490. The average Bonchev–Trinajstić information content (AvgIpc) is 2.47. The summed E-state index contributed by atoms with van der Waals surface area (Å²) < 4.78 is 0. The van der Waals surface area contributed by atoms with Gasteiger partial charge < -0.3 is 10.6 Å². The number of amides is 1. The normalized spacial score (nSPS) is 20.4.